The van der Waals surface area contributed by atoms with Crippen LogP contribution in [0.3, 0.4) is 0 Å². The van der Waals surface area contributed by atoms with Crippen molar-refractivity contribution in [1.29, 1.82) is 0 Å². The predicted molar refractivity (Wildman–Crippen MR) is 82.1 cm³/mol. The normalized spacial score (nSPS) is 12.6. The molecular weight excluding hydrogens is 220 g/mol. The van der Waals surface area contributed by atoms with Gasteiger partial charge in [-0.05, 0) is 32.6 Å². The maximum absolute atomic E-state index is 5.79. The lowest BCUT2D eigenvalue weighted by Gasteiger charge is -2.12. The summed E-state index contributed by atoms with van der Waals surface area (Å²) >= 11 is 0. The first-order valence-electron chi connectivity index (χ1n) is 8.03. The first kappa shape index (κ1) is 17.7. The van der Waals surface area contributed by atoms with Crippen molar-refractivity contribution in [3.63, 3.8) is 0 Å². The maximum Gasteiger partial charge on any atom is 0.0547 e. The van der Waals surface area contributed by atoms with Crippen LogP contribution in [0, 0.1) is 0 Å². The van der Waals surface area contributed by atoms with Crippen molar-refractivity contribution in [1.82, 2.24) is 0 Å². The third kappa shape index (κ3) is 13.8. The lowest BCUT2D eigenvalue weighted by Crippen LogP contribution is -2.09. The van der Waals surface area contributed by atoms with Crippen LogP contribution in [-0.4, -0.2) is 12.7 Å². The standard InChI is InChI=1S/C17H34O/c1-4-6-8-9-10-11-12-13-15-17(3)18-16-14-7-5-2/h4,17H,1,5-16H2,2-3H3. The molecule has 1 atom stereocenters. The molecule has 0 aromatic rings. The molecule has 0 rings (SSSR count). The molecule has 0 aromatic heterocycles. The van der Waals surface area contributed by atoms with E-state index in [1.165, 1.54) is 70.6 Å². The van der Waals surface area contributed by atoms with Gasteiger partial charge in [-0.1, -0.05) is 57.9 Å². The number of rotatable bonds is 14. The van der Waals surface area contributed by atoms with E-state index in [4.69, 9.17) is 4.74 Å². The number of hydrogen-bond donors (Lipinski definition) is 0. The molecule has 0 heterocycles. The second kappa shape index (κ2) is 14.8. The monoisotopic (exact) mass is 254 g/mol. The van der Waals surface area contributed by atoms with E-state index in [2.05, 4.69) is 20.4 Å². The Morgan fingerprint density at radius 3 is 2.28 bits per heavy atom. The fourth-order valence-corrected chi connectivity index (χ4v) is 2.15. The van der Waals surface area contributed by atoms with Crippen LogP contribution in [0.15, 0.2) is 12.7 Å². The summed E-state index contributed by atoms with van der Waals surface area (Å²) in [5, 5.41) is 0. The molecule has 1 heteroatoms. The Bertz CT molecular complexity index is 165. The van der Waals surface area contributed by atoms with Gasteiger partial charge in [0.15, 0.2) is 0 Å². The van der Waals surface area contributed by atoms with Gasteiger partial charge in [-0.2, -0.15) is 0 Å². The highest BCUT2D eigenvalue weighted by Gasteiger charge is 2.01. The SMILES string of the molecule is C=CCCCCCCCCC(C)OCCCCC. The molecule has 0 N–H and O–H groups in total. The molecular formula is C17H34O. The molecule has 0 fully saturated rings. The molecule has 0 bridgehead atoms. The quantitative estimate of drug-likeness (QED) is 0.277. The second-order valence-corrected chi connectivity index (χ2v) is 5.38. The summed E-state index contributed by atoms with van der Waals surface area (Å²) < 4.78 is 5.79. The highest BCUT2D eigenvalue weighted by molar-refractivity contribution is 4.65. The lowest BCUT2D eigenvalue weighted by molar-refractivity contribution is 0.0559. The average molecular weight is 254 g/mol. The van der Waals surface area contributed by atoms with E-state index < -0.39 is 0 Å². The van der Waals surface area contributed by atoms with E-state index in [0.29, 0.717) is 6.10 Å². The van der Waals surface area contributed by atoms with Crippen molar-refractivity contribution in [2.45, 2.75) is 90.6 Å². The average Bonchev–Trinajstić information content (AvgIpc) is 2.38. The summed E-state index contributed by atoms with van der Waals surface area (Å²) in [6, 6.07) is 0. The summed E-state index contributed by atoms with van der Waals surface area (Å²) in [6.07, 6.45) is 16.9. The Morgan fingerprint density at radius 2 is 1.61 bits per heavy atom. The van der Waals surface area contributed by atoms with E-state index in [-0.39, 0.29) is 0 Å². The van der Waals surface area contributed by atoms with Crippen LogP contribution < -0.4 is 0 Å². The van der Waals surface area contributed by atoms with Gasteiger partial charge in [-0.3, -0.25) is 0 Å². The zero-order valence-corrected chi connectivity index (χ0v) is 12.8. The van der Waals surface area contributed by atoms with Crippen LogP contribution in [-0.2, 0) is 4.74 Å². The fourth-order valence-electron chi connectivity index (χ4n) is 2.15. The third-order valence-electron chi connectivity index (χ3n) is 3.42. The summed E-state index contributed by atoms with van der Waals surface area (Å²) in [5.41, 5.74) is 0. The van der Waals surface area contributed by atoms with Crippen molar-refractivity contribution in [3.8, 4) is 0 Å². The van der Waals surface area contributed by atoms with Gasteiger partial charge in [-0.25, -0.2) is 0 Å². The van der Waals surface area contributed by atoms with Gasteiger partial charge in [-0.15, -0.1) is 6.58 Å². The lowest BCUT2D eigenvalue weighted by atomic mass is 10.1. The summed E-state index contributed by atoms with van der Waals surface area (Å²) in [4.78, 5) is 0. The molecule has 1 nitrogen and oxygen atoms in total. The van der Waals surface area contributed by atoms with Crippen molar-refractivity contribution >= 4 is 0 Å². The smallest absolute Gasteiger partial charge is 0.0547 e. The molecule has 0 spiro atoms. The molecule has 18 heavy (non-hydrogen) atoms. The van der Waals surface area contributed by atoms with E-state index in [9.17, 15) is 0 Å². The zero-order chi connectivity index (χ0) is 13.5. The first-order valence-corrected chi connectivity index (χ1v) is 8.03. The molecule has 0 saturated carbocycles. The fraction of sp³-hybridized carbons (Fsp3) is 0.882. The van der Waals surface area contributed by atoms with Gasteiger partial charge in [0, 0.05) is 6.61 Å². The minimum Gasteiger partial charge on any atom is -0.379 e. The number of unbranched alkanes of at least 4 members (excludes halogenated alkanes) is 8. The van der Waals surface area contributed by atoms with Crippen LogP contribution in [0.5, 0.6) is 0 Å². The molecule has 0 aliphatic carbocycles. The highest BCUT2D eigenvalue weighted by atomic mass is 16.5. The molecule has 0 amide bonds. The van der Waals surface area contributed by atoms with Crippen LogP contribution in [0.1, 0.15) is 84.5 Å². The van der Waals surface area contributed by atoms with Gasteiger partial charge in [0.05, 0.1) is 6.10 Å². The summed E-state index contributed by atoms with van der Waals surface area (Å²) in [6.45, 7) is 9.16. The van der Waals surface area contributed by atoms with Gasteiger partial charge in [0.1, 0.15) is 0 Å². The van der Waals surface area contributed by atoms with E-state index in [0.717, 1.165) is 6.61 Å². The Hall–Kier alpha value is -0.300. The summed E-state index contributed by atoms with van der Waals surface area (Å²) in [5.74, 6) is 0. The van der Waals surface area contributed by atoms with Gasteiger partial charge >= 0.3 is 0 Å². The highest BCUT2D eigenvalue weighted by Crippen LogP contribution is 2.11. The molecule has 0 radical (unpaired) electrons. The van der Waals surface area contributed by atoms with E-state index >= 15 is 0 Å². The predicted octanol–water partition coefficient (Wildman–Crippen LogP) is 5.89. The van der Waals surface area contributed by atoms with Crippen molar-refractivity contribution < 1.29 is 4.74 Å². The van der Waals surface area contributed by atoms with Crippen molar-refractivity contribution in [2.24, 2.45) is 0 Å². The van der Waals surface area contributed by atoms with E-state index in [1.54, 1.807) is 0 Å². The van der Waals surface area contributed by atoms with Gasteiger partial charge < -0.3 is 4.74 Å². The number of ether oxygens (including phenoxy) is 1. The minimum atomic E-state index is 0.461. The number of hydrogen-bond acceptors (Lipinski definition) is 1. The number of allylic oxidation sites excluding steroid dienone is 1. The molecule has 0 aromatic carbocycles. The summed E-state index contributed by atoms with van der Waals surface area (Å²) in [7, 11) is 0. The van der Waals surface area contributed by atoms with Crippen molar-refractivity contribution in [3.05, 3.63) is 12.7 Å². The maximum atomic E-state index is 5.79. The molecule has 0 aliphatic heterocycles. The van der Waals surface area contributed by atoms with E-state index in [1.807, 2.05) is 6.08 Å². The largest absolute Gasteiger partial charge is 0.379 e. The van der Waals surface area contributed by atoms with Crippen LogP contribution in [0.2, 0.25) is 0 Å². The van der Waals surface area contributed by atoms with Crippen LogP contribution >= 0.6 is 0 Å². The Morgan fingerprint density at radius 1 is 0.944 bits per heavy atom. The first-order chi connectivity index (χ1) is 8.81. The van der Waals surface area contributed by atoms with Gasteiger partial charge in [0.25, 0.3) is 0 Å². The zero-order valence-electron chi connectivity index (χ0n) is 12.8. The topological polar surface area (TPSA) is 9.23 Å². The van der Waals surface area contributed by atoms with Crippen molar-refractivity contribution in [2.75, 3.05) is 6.61 Å². The van der Waals surface area contributed by atoms with Crippen LogP contribution in [0.4, 0.5) is 0 Å². The minimum absolute atomic E-state index is 0.461. The Kier molecular flexibility index (Phi) is 14.5. The molecule has 0 aliphatic rings. The molecule has 108 valence electrons. The van der Waals surface area contributed by atoms with Gasteiger partial charge in [0.2, 0.25) is 0 Å². The third-order valence-corrected chi connectivity index (χ3v) is 3.42. The molecule has 1 unspecified atom stereocenters. The Labute approximate surface area is 115 Å². The van der Waals surface area contributed by atoms with Crippen LogP contribution in [0.25, 0.3) is 0 Å². The Balaban J connectivity index is 3.10. The second-order valence-electron chi connectivity index (χ2n) is 5.38. The molecule has 0 saturated heterocycles.